The van der Waals surface area contributed by atoms with Crippen molar-refractivity contribution in [3.05, 3.63) is 29.8 Å². The van der Waals surface area contributed by atoms with E-state index in [-0.39, 0.29) is 30.1 Å². The SMILES string of the molecule is CN=C(NCC1CCCC1O)N1CCC(c2ccc(OC)cc2)C1.I. The van der Waals surface area contributed by atoms with Crippen LogP contribution in [0.4, 0.5) is 0 Å². The lowest BCUT2D eigenvalue weighted by Crippen LogP contribution is -2.42. The molecule has 25 heavy (non-hydrogen) atoms. The standard InChI is InChI=1S/C19H29N3O2.HI/c1-20-19(21-12-15-4-3-5-18(15)23)22-11-10-16(13-22)14-6-8-17(24-2)9-7-14;/h6-9,15-16,18,23H,3-5,10-13H2,1-2H3,(H,20,21);1H. The van der Waals surface area contributed by atoms with Crippen molar-refractivity contribution in [2.24, 2.45) is 10.9 Å². The number of ether oxygens (including phenoxy) is 1. The average Bonchev–Trinajstić information content (AvgIpc) is 3.25. The van der Waals surface area contributed by atoms with Crippen LogP contribution in [0.5, 0.6) is 5.75 Å². The van der Waals surface area contributed by atoms with Crippen molar-refractivity contribution in [1.29, 1.82) is 0 Å². The van der Waals surface area contributed by atoms with Crippen molar-refractivity contribution >= 4 is 29.9 Å². The molecule has 6 heteroatoms. The average molecular weight is 459 g/mol. The van der Waals surface area contributed by atoms with Gasteiger partial charge in [-0.1, -0.05) is 18.6 Å². The minimum Gasteiger partial charge on any atom is -0.497 e. The van der Waals surface area contributed by atoms with Gasteiger partial charge >= 0.3 is 0 Å². The summed E-state index contributed by atoms with van der Waals surface area (Å²) in [6, 6.07) is 8.40. The van der Waals surface area contributed by atoms with E-state index in [1.807, 2.05) is 19.2 Å². The van der Waals surface area contributed by atoms with Gasteiger partial charge in [0.25, 0.3) is 0 Å². The Morgan fingerprint density at radius 2 is 2.04 bits per heavy atom. The highest BCUT2D eigenvalue weighted by Gasteiger charge is 2.28. The van der Waals surface area contributed by atoms with Gasteiger partial charge in [-0.05, 0) is 37.0 Å². The summed E-state index contributed by atoms with van der Waals surface area (Å²) in [6.45, 7) is 2.82. The molecule has 0 amide bonds. The molecule has 0 radical (unpaired) electrons. The number of benzene rings is 1. The Bertz CT molecular complexity index is 564. The maximum Gasteiger partial charge on any atom is 0.193 e. The maximum atomic E-state index is 9.97. The predicted molar refractivity (Wildman–Crippen MR) is 112 cm³/mol. The molecule has 3 unspecified atom stereocenters. The Labute approximate surface area is 167 Å². The van der Waals surface area contributed by atoms with E-state index in [0.29, 0.717) is 11.8 Å². The maximum absolute atomic E-state index is 9.97. The number of methoxy groups -OCH3 is 1. The predicted octanol–water partition coefficient (Wildman–Crippen LogP) is 2.84. The minimum absolute atomic E-state index is 0. The second-order valence-electron chi connectivity index (χ2n) is 6.89. The van der Waals surface area contributed by atoms with Crippen molar-refractivity contribution in [2.45, 2.75) is 37.7 Å². The smallest absolute Gasteiger partial charge is 0.193 e. The van der Waals surface area contributed by atoms with Gasteiger partial charge in [0.05, 0.1) is 13.2 Å². The first-order valence-electron chi connectivity index (χ1n) is 8.99. The number of halogens is 1. The van der Waals surface area contributed by atoms with Crippen molar-refractivity contribution in [1.82, 2.24) is 10.2 Å². The molecule has 0 aromatic heterocycles. The van der Waals surface area contributed by atoms with Crippen LogP contribution in [0.15, 0.2) is 29.3 Å². The number of nitrogens with one attached hydrogen (secondary N) is 1. The number of likely N-dealkylation sites (tertiary alicyclic amines) is 1. The van der Waals surface area contributed by atoms with Crippen LogP contribution in [0.1, 0.15) is 37.2 Å². The molecule has 1 saturated carbocycles. The Balaban J connectivity index is 0.00000225. The van der Waals surface area contributed by atoms with Gasteiger partial charge in [0, 0.05) is 38.5 Å². The first kappa shape index (κ1) is 20.3. The molecule has 2 N–H and O–H groups in total. The number of aliphatic imine (C=N–C) groups is 1. The van der Waals surface area contributed by atoms with Crippen molar-refractivity contribution in [3.63, 3.8) is 0 Å². The fraction of sp³-hybridized carbons (Fsp3) is 0.632. The van der Waals surface area contributed by atoms with Crippen LogP contribution >= 0.6 is 24.0 Å². The van der Waals surface area contributed by atoms with Crippen LogP contribution in [0.25, 0.3) is 0 Å². The molecule has 2 aliphatic rings. The van der Waals surface area contributed by atoms with Gasteiger partial charge in [-0.25, -0.2) is 0 Å². The zero-order valence-electron chi connectivity index (χ0n) is 15.1. The largest absolute Gasteiger partial charge is 0.497 e. The molecular weight excluding hydrogens is 429 g/mol. The van der Waals surface area contributed by atoms with Crippen LogP contribution in [-0.4, -0.2) is 55.9 Å². The van der Waals surface area contributed by atoms with E-state index in [2.05, 4.69) is 27.3 Å². The second kappa shape index (κ2) is 9.62. The first-order chi connectivity index (χ1) is 11.7. The van der Waals surface area contributed by atoms with Gasteiger partial charge in [-0.15, -0.1) is 24.0 Å². The fourth-order valence-electron chi connectivity index (χ4n) is 3.91. The Kier molecular flexibility index (Phi) is 7.81. The number of hydrogen-bond donors (Lipinski definition) is 2. The monoisotopic (exact) mass is 459 g/mol. The second-order valence-corrected chi connectivity index (χ2v) is 6.89. The van der Waals surface area contributed by atoms with E-state index in [1.165, 1.54) is 5.56 Å². The molecule has 0 spiro atoms. The van der Waals surface area contributed by atoms with Crippen LogP contribution in [0.3, 0.4) is 0 Å². The molecule has 1 aliphatic carbocycles. The third-order valence-corrected chi connectivity index (χ3v) is 5.43. The van der Waals surface area contributed by atoms with E-state index in [4.69, 9.17) is 4.74 Å². The number of aliphatic hydroxyl groups is 1. The van der Waals surface area contributed by atoms with Gasteiger partial charge < -0.3 is 20.1 Å². The van der Waals surface area contributed by atoms with Crippen LogP contribution < -0.4 is 10.1 Å². The molecule has 3 rings (SSSR count). The lowest BCUT2D eigenvalue weighted by atomic mass is 9.98. The summed E-state index contributed by atoms with van der Waals surface area (Å²) in [5, 5.41) is 13.4. The quantitative estimate of drug-likeness (QED) is 0.413. The highest BCUT2D eigenvalue weighted by molar-refractivity contribution is 14.0. The van der Waals surface area contributed by atoms with Crippen molar-refractivity contribution in [3.8, 4) is 5.75 Å². The summed E-state index contributed by atoms with van der Waals surface area (Å²) in [5.41, 5.74) is 1.36. The van der Waals surface area contributed by atoms with Crippen LogP contribution in [0, 0.1) is 5.92 Å². The molecule has 1 heterocycles. The summed E-state index contributed by atoms with van der Waals surface area (Å²) < 4.78 is 5.24. The van der Waals surface area contributed by atoms with Gasteiger partial charge in [-0.2, -0.15) is 0 Å². The summed E-state index contributed by atoms with van der Waals surface area (Å²) in [7, 11) is 3.54. The van der Waals surface area contributed by atoms with E-state index in [1.54, 1.807) is 7.11 Å². The van der Waals surface area contributed by atoms with Gasteiger partial charge in [0.15, 0.2) is 5.96 Å². The molecule has 1 aromatic rings. The van der Waals surface area contributed by atoms with Crippen molar-refractivity contribution < 1.29 is 9.84 Å². The zero-order valence-corrected chi connectivity index (χ0v) is 17.5. The normalized spacial score (nSPS) is 26.4. The van der Waals surface area contributed by atoms with E-state index in [0.717, 1.165) is 57.0 Å². The minimum atomic E-state index is -0.152. The molecule has 1 saturated heterocycles. The van der Waals surface area contributed by atoms with E-state index >= 15 is 0 Å². The van der Waals surface area contributed by atoms with Crippen molar-refractivity contribution in [2.75, 3.05) is 33.8 Å². The molecule has 0 bridgehead atoms. The molecule has 1 aliphatic heterocycles. The molecule has 140 valence electrons. The Hall–Kier alpha value is -1.02. The number of hydrogen-bond acceptors (Lipinski definition) is 3. The van der Waals surface area contributed by atoms with E-state index < -0.39 is 0 Å². The van der Waals surface area contributed by atoms with Gasteiger partial charge in [-0.3, -0.25) is 4.99 Å². The van der Waals surface area contributed by atoms with Crippen LogP contribution in [0.2, 0.25) is 0 Å². The topological polar surface area (TPSA) is 57.1 Å². The zero-order chi connectivity index (χ0) is 16.9. The third-order valence-electron chi connectivity index (χ3n) is 5.43. The highest BCUT2D eigenvalue weighted by atomic mass is 127. The summed E-state index contributed by atoms with van der Waals surface area (Å²) in [4.78, 5) is 6.77. The summed E-state index contributed by atoms with van der Waals surface area (Å²) >= 11 is 0. The molecular formula is C19H30IN3O2. The number of aliphatic hydroxyl groups excluding tert-OH is 1. The Morgan fingerprint density at radius 3 is 2.64 bits per heavy atom. The number of rotatable bonds is 4. The highest BCUT2D eigenvalue weighted by Crippen LogP contribution is 2.29. The lowest BCUT2D eigenvalue weighted by molar-refractivity contribution is 0.134. The molecule has 5 nitrogen and oxygen atoms in total. The molecule has 2 fully saturated rings. The Morgan fingerprint density at radius 1 is 1.28 bits per heavy atom. The number of nitrogens with zero attached hydrogens (tertiary/aromatic N) is 2. The lowest BCUT2D eigenvalue weighted by Gasteiger charge is -2.24. The van der Waals surface area contributed by atoms with E-state index in [9.17, 15) is 5.11 Å². The summed E-state index contributed by atoms with van der Waals surface area (Å²) in [6.07, 6.45) is 4.17. The first-order valence-corrected chi connectivity index (χ1v) is 8.99. The molecule has 3 atom stereocenters. The van der Waals surface area contributed by atoms with Gasteiger partial charge in [0.1, 0.15) is 5.75 Å². The number of guanidine groups is 1. The summed E-state index contributed by atoms with van der Waals surface area (Å²) in [5.74, 6) is 2.76. The van der Waals surface area contributed by atoms with Gasteiger partial charge in [0.2, 0.25) is 0 Å². The third kappa shape index (κ3) is 5.00. The fourth-order valence-corrected chi connectivity index (χ4v) is 3.91. The molecule has 1 aromatic carbocycles. The van der Waals surface area contributed by atoms with Crippen LogP contribution in [-0.2, 0) is 0 Å².